The molecule has 2 aliphatic carbocycles. The van der Waals surface area contributed by atoms with Gasteiger partial charge < -0.3 is 15.0 Å². The molecule has 1 spiro atoms. The molecule has 0 aliphatic heterocycles. The second-order valence-corrected chi connectivity index (χ2v) is 7.19. The zero-order chi connectivity index (χ0) is 14.6. The van der Waals surface area contributed by atoms with Crippen LogP contribution in [0.3, 0.4) is 0 Å². The first-order valence-corrected chi connectivity index (χ1v) is 8.61. The van der Waals surface area contributed by atoms with E-state index in [1.165, 1.54) is 51.5 Å². The lowest BCUT2D eigenvalue weighted by Gasteiger charge is -2.58. The number of nitrogens with zero attached hydrogens (tertiary/aromatic N) is 1. The molecule has 0 heterocycles. The molecule has 2 fully saturated rings. The number of hydrogen-bond acceptors (Lipinski definition) is 3. The summed E-state index contributed by atoms with van der Waals surface area (Å²) in [5.41, 5.74) is 0.459. The van der Waals surface area contributed by atoms with Gasteiger partial charge in [0.2, 0.25) is 0 Å². The standard InChI is InChI=1S/C17H34N2O/c1-5-20-16-13-15(17(16)10-7-6-8-11-17)18-14(2)9-12-19(3)4/h14-16,18H,5-13H2,1-4H3. The molecule has 3 atom stereocenters. The molecule has 2 rings (SSSR count). The second-order valence-electron chi connectivity index (χ2n) is 7.19. The van der Waals surface area contributed by atoms with Crippen molar-refractivity contribution in [3.63, 3.8) is 0 Å². The Balaban J connectivity index is 1.87. The molecule has 0 amide bonds. The lowest BCUT2D eigenvalue weighted by atomic mass is 9.55. The molecule has 2 saturated carbocycles. The minimum atomic E-state index is 0.459. The Morgan fingerprint density at radius 2 is 1.95 bits per heavy atom. The van der Waals surface area contributed by atoms with Crippen LogP contribution in [-0.4, -0.2) is 50.3 Å². The quantitative estimate of drug-likeness (QED) is 0.777. The van der Waals surface area contributed by atoms with Gasteiger partial charge in [-0.25, -0.2) is 0 Å². The fourth-order valence-electron chi connectivity index (χ4n) is 4.18. The zero-order valence-corrected chi connectivity index (χ0v) is 14.0. The van der Waals surface area contributed by atoms with E-state index in [0.717, 1.165) is 6.61 Å². The highest BCUT2D eigenvalue weighted by Crippen LogP contribution is 2.53. The summed E-state index contributed by atoms with van der Waals surface area (Å²) in [6.07, 6.45) is 9.93. The highest BCUT2D eigenvalue weighted by molar-refractivity contribution is 5.09. The summed E-state index contributed by atoms with van der Waals surface area (Å²) in [7, 11) is 4.31. The summed E-state index contributed by atoms with van der Waals surface area (Å²) in [6.45, 7) is 6.52. The van der Waals surface area contributed by atoms with Crippen LogP contribution in [0.4, 0.5) is 0 Å². The predicted molar refractivity (Wildman–Crippen MR) is 85.1 cm³/mol. The van der Waals surface area contributed by atoms with Crippen molar-refractivity contribution >= 4 is 0 Å². The number of nitrogens with one attached hydrogen (secondary N) is 1. The van der Waals surface area contributed by atoms with E-state index in [9.17, 15) is 0 Å². The van der Waals surface area contributed by atoms with Crippen LogP contribution in [0, 0.1) is 5.41 Å². The average molecular weight is 282 g/mol. The minimum absolute atomic E-state index is 0.459. The number of ether oxygens (including phenoxy) is 1. The Labute approximate surface area is 125 Å². The van der Waals surface area contributed by atoms with Crippen molar-refractivity contribution in [1.29, 1.82) is 0 Å². The van der Waals surface area contributed by atoms with Gasteiger partial charge in [-0.15, -0.1) is 0 Å². The van der Waals surface area contributed by atoms with Crippen molar-refractivity contribution in [3.05, 3.63) is 0 Å². The fraction of sp³-hybridized carbons (Fsp3) is 1.00. The van der Waals surface area contributed by atoms with Gasteiger partial charge in [0.15, 0.2) is 0 Å². The van der Waals surface area contributed by atoms with Crippen LogP contribution in [0.1, 0.15) is 58.8 Å². The van der Waals surface area contributed by atoms with Crippen LogP contribution in [0.2, 0.25) is 0 Å². The molecular weight excluding hydrogens is 248 g/mol. The lowest BCUT2D eigenvalue weighted by Crippen LogP contribution is -2.65. The molecule has 0 aromatic carbocycles. The maximum Gasteiger partial charge on any atom is 0.0661 e. The van der Waals surface area contributed by atoms with Gasteiger partial charge in [-0.2, -0.15) is 0 Å². The summed E-state index contributed by atoms with van der Waals surface area (Å²) in [4.78, 5) is 2.28. The molecular formula is C17H34N2O. The third kappa shape index (κ3) is 3.55. The van der Waals surface area contributed by atoms with E-state index < -0.39 is 0 Å². The topological polar surface area (TPSA) is 24.5 Å². The van der Waals surface area contributed by atoms with E-state index in [-0.39, 0.29) is 0 Å². The summed E-state index contributed by atoms with van der Waals surface area (Å²) < 4.78 is 6.03. The third-order valence-corrected chi connectivity index (χ3v) is 5.43. The lowest BCUT2D eigenvalue weighted by molar-refractivity contribution is -0.152. The summed E-state index contributed by atoms with van der Waals surface area (Å²) >= 11 is 0. The Hall–Kier alpha value is -0.120. The van der Waals surface area contributed by atoms with Gasteiger partial charge in [0, 0.05) is 24.1 Å². The van der Waals surface area contributed by atoms with Gasteiger partial charge >= 0.3 is 0 Å². The van der Waals surface area contributed by atoms with Gasteiger partial charge in [-0.05, 0) is 60.2 Å². The molecule has 0 aromatic heterocycles. The van der Waals surface area contributed by atoms with Crippen LogP contribution in [-0.2, 0) is 4.74 Å². The normalized spacial score (nSPS) is 30.4. The maximum atomic E-state index is 6.03. The van der Waals surface area contributed by atoms with Gasteiger partial charge in [-0.3, -0.25) is 0 Å². The Kier molecular flexibility index (Phi) is 5.88. The molecule has 2 aliphatic rings. The van der Waals surface area contributed by atoms with Crippen LogP contribution in [0.25, 0.3) is 0 Å². The van der Waals surface area contributed by atoms with E-state index in [1.54, 1.807) is 0 Å². The first-order valence-electron chi connectivity index (χ1n) is 8.61. The number of rotatable bonds is 7. The Bertz CT molecular complexity index is 287. The minimum Gasteiger partial charge on any atom is -0.378 e. The largest absolute Gasteiger partial charge is 0.378 e. The Morgan fingerprint density at radius 3 is 2.55 bits per heavy atom. The molecule has 0 radical (unpaired) electrons. The molecule has 3 unspecified atom stereocenters. The SMILES string of the molecule is CCOC1CC(NC(C)CCN(C)C)C12CCCCC2. The van der Waals surface area contributed by atoms with Crippen molar-refractivity contribution in [2.24, 2.45) is 5.41 Å². The zero-order valence-electron chi connectivity index (χ0n) is 14.0. The number of hydrogen-bond donors (Lipinski definition) is 1. The molecule has 0 saturated heterocycles. The van der Waals surface area contributed by atoms with Crippen molar-refractivity contribution in [3.8, 4) is 0 Å². The maximum absolute atomic E-state index is 6.03. The average Bonchev–Trinajstić information content (AvgIpc) is 2.45. The molecule has 1 N–H and O–H groups in total. The summed E-state index contributed by atoms with van der Waals surface area (Å²) in [5, 5.41) is 3.91. The van der Waals surface area contributed by atoms with E-state index in [2.05, 4.69) is 38.2 Å². The van der Waals surface area contributed by atoms with E-state index in [1.807, 2.05) is 0 Å². The molecule has 3 heteroatoms. The summed E-state index contributed by atoms with van der Waals surface area (Å²) in [5.74, 6) is 0. The van der Waals surface area contributed by atoms with Crippen LogP contribution in [0.5, 0.6) is 0 Å². The van der Waals surface area contributed by atoms with Gasteiger partial charge in [-0.1, -0.05) is 19.3 Å². The first kappa shape index (κ1) is 16.3. The smallest absolute Gasteiger partial charge is 0.0661 e. The van der Waals surface area contributed by atoms with Crippen LogP contribution in [0.15, 0.2) is 0 Å². The molecule has 0 aromatic rings. The first-order chi connectivity index (χ1) is 9.58. The van der Waals surface area contributed by atoms with Crippen molar-refractivity contribution < 1.29 is 4.74 Å². The monoisotopic (exact) mass is 282 g/mol. The van der Waals surface area contributed by atoms with Crippen molar-refractivity contribution in [2.75, 3.05) is 27.2 Å². The molecule has 3 nitrogen and oxygen atoms in total. The van der Waals surface area contributed by atoms with Crippen molar-refractivity contribution in [1.82, 2.24) is 10.2 Å². The van der Waals surface area contributed by atoms with Gasteiger partial charge in [0.25, 0.3) is 0 Å². The third-order valence-electron chi connectivity index (χ3n) is 5.43. The predicted octanol–water partition coefficient (Wildman–Crippen LogP) is 3.04. The van der Waals surface area contributed by atoms with E-state index in [4.69, 9.17) is 4.74 Å². The highest BCUT2D eigenvalue weighted by atomic mass is 16.5. The van der Waals surface area contributed by atoms with Crippen LogP contribution < -0.4 is 5.32 Å². The van der Waals surface area contributed by atoms with E-state index >= 15 is 0 Å². The fourth-order valence-corrected chi connectivity index (χ4v) is 4.18. The molecule has 118 valence electrons. The summed E-state index contributed by atoms with van der Waals surface area (Å²) in [6, 6.07) is 1.31. The second kappa shape index (κ2) is 7.24. The molecule has 0 bridgehead atoms. The molecule has 20 heavy (non-hydrogen) atoms. The van der Waals surface area contributed by atoms with E-state index in [0.29, 0.717) is 23.6 Å². The Morgan fingerprint density at radius 1 is 1.25 bits per heavy atom. The van der Waals surface area contributed by atoms with Gasteiger partial charge in [0.1, 0.15) is 0 Å². The van der Waals surface area contributed by atoms with Gasteiger partial charge in [0.05, 0.1) is 6.10 Å². The van der Waals surface area contributed by atoms with Crippen LogP contribution >= 0.6 is 0 Å². The highest BCUT2D eigenvalue weighted by Gasteiger charge is 2.55. The van der Waals surface area contributed by atoms with Crippen molar-refractivity contribution in [2.45, 2.75) is 77.0 Å².